The van der Waals surface area contributed by atoms with Gasteiger partial charge in [0.25, 0.3) is 7.41 Å². The molecule has 1 radical (unpaired) electrons. The van der Waals surface area contributed by atoms with Gasteiger partial charge >= 0.3 is 5.97 Å². The Hall–Kier alpha value is -3.96. The predicted molar refractivity (Wildman–Crippen MR) is 142 cm³/mol. The van der Waals surface area contributed by atoms with Crippen molar-refractivity contribution < 1.29 is 19.1 Å². The molecule has 3 aromatic rings. The first-order chi connectivity index (χ1) is 18.1. The van der Waals surface area contributed by atoms with E-state index in [-0.39, 0.29) is 12.4 Å². The topological polar surface area (TPSA) is 81.6 Å². The molecular formula is C29H29BN3O4. The number of esters is 1. The fourth-order valence-corrected chi connectivity index (χ4v) is 4.44. The van der Waals surface area contributed by atoms with E-state index in [9.17, 15) is 9.59 Å². The minimum absolute atomic E-state index is 0.153. The number of hydrogen-bond donors (Lipinski definition) is 0. The van der Waals surface area contributed by atoms with E-state index in [1.807, 2.05) is 24.3 Å². The van der Waals surface area contributed by atoms with Gasteiger partial charge in [0, 0.05) is 12.0 Å². The van der Waals surface area contributed by atoms with Gasteiger partial charge in [-0.3, -0.25) is 4.79 Å². The number of carbonyl (C=O) groups is 2. The van der Waals surface area contributed by atoms with Gasteiger partial charge in [-0.05, 0) is 60.5 Å². The minimum Gasteiger partial charge on any atom is -0.492 e. The summed E-state index contributed by atoms with van der Waals surface area (Å²) >= 11 is 0. The van der Waals surface area contributed by atoms with Crippen LogP contribution in [0.25, 0.3) is 0 Å². The van der Waals surface area contributed by atoms with Gasteiger partial charge in [-0.15, -0.1) is 0 Å². The van der Waals surface area contributed by atoms with Crippen LogP contribution in [0.2, 0.25) is 0 Å². The largest absolute Gasteiger partial charge is 0.492 e. The Morgan fingerprint density at radius 3 is 2.57 bits per heavy atom. The van der Waals surface area contributed by atoms with Gasteiger partial charge in [0.1, 0.15) is 5.82 Å². The molecule has 1 saturated heterocycles. The Bertz CT molecular complexity index is 1290. The number of rotatable bonds is 8. The Balaban J connectivity index is 1.47. The van der Waals surface area contributed by atoms with Crippen LogP contribution < -0.4 is 4.74 Å². The van der Waals surface area contributed by atoms with E-state index < -0.39 is 0 Å². The first kappa shape index (κ1) is 26.1. The molecule has 1 fully saturated rings. The number of nitrogens with zero attached hydrogens (tertiary/aromatic N) is 3. The van der Waals surface area contributed by atoms with E-state index in [0.717, 1.165) is 48.8 Å². The molecule has 37 heavy (non-hydrogen) atoms. The SMILES string of the molecule is COC(=O)Cc1ccccc1C#Cc1nc(Cc2ccc(C3CCN([B]C=O)CC3)cc2)ncc1OC. The van der Waals surface area contributed by atoms with Crippen LogP contribution in [0.3, 0.4) is 0 Å². The fraction of sp³-hybridized carbons (Fsp3) is 0.310. The molecule has 1 aromatic heterocycles. The molecule has 0 bridgehead atoms. The third kappa shape index (κ3) is 7.05. The molecule has 7 nitrogen and oxygen atoms in total. The summed E-state index contributed by atoms with van der Waals surface area (Å²) in [6, 6.07) is 16.1. The standard InChI is InChI=1S/C29H29BN3O4/c1-36-27-19-31-28(32-26(27)12-11-22-5-3-4-6-25(22)18-29(35)37-2)17-21-7-9-23(10-8-21)24-13-15-33(16-14-24)30-20-34/h3-10,19-20,24H,13-18H2,1-2H3. The second kappa shape index (κ2) is 12.8. The fourth-order valence-electron chi connectivity index (χ4n) is 4.44. The van der Waals surface area contributed by atoms with Crippen LogP contribution in [-0.4, -0.2) is 61.7 Å². The second-order valence-corrected chi connectivity index (χ2v) is 8.88. The van der Waals surface area contributed by atoms with Crippen LogP contribution in [0.4, 0.5) is 0 Å². The van der Waals surface area contributed by atoms with Gasteiger partial charge in [0.15, 0.2) is 11.4 Å². The summed E-state index contributed by atoms with van der Waals surface area (Å²) in [4.78, 5) is 33.6. The summed E-state index contributed by atoms with van der Waals surface area (Å²) in [5, 5.41) is 0. The molecule has 0 N–H and O–H groups in total. The van der Waals surface area contributed by atoms with Crippen LogP contribution in [0.1, 0.15) is 52.5 Å². The average molecular weight is 494 g/mol. The lowest BCUT2D eigenvalue weighted by Crippen LogP contribution is -2.36. The van der Waals surface area contributed by atoms with Crippen molar-refractivity contribution in [1.29, 1.82) is 0 Å². The molecule has 8 heteroatoms. The lowest BCUT2D eigenvalue weighted by atomic mass is 9.84. The first-order valence-corrected chi connectivity index (χ1v) is 12.3. The van der Waals surface area contributed by atoms with Crippen molar-refractivity contribution in [1.82, 2.24) is 14.8 Å². The zero-order valence-electron chi connectivity index (χ0n) is 21.1. The van der Waals surface area contributed by atoms with Crippen molar-refractivity contribution >= 4 is 19.6 Å². The number of methoxy groups -OCH3 is 2. The van der Waals surface area contributed by atoms with Gasteiger partial charge in [-0.1, -0.05) is 48.4 Å². The van der Waals surface area contributed by atoms with Crippen molar-refractivity contribution in [3.8, 4) is 17.6 Å². The third-order valence-corrected chi connectivity index (χ3v) is 6.53. The van der Waals surface area contributed by atoms with Gasteiger partial charge < -0.3 is 19.1 Å². The number of carbonyl (C=O) groups excluding carboxylic acids is 2. The highest BCUT2D eigenvalue weighted by Crippen LogP contribution is 2.28. The van der Waals surface area contributed by atoms with Crippen LogP contribution in [0.5, 0.6) is 5.75 Å². The van der Waals surface area contributed by atoms with Crippen LogP contribution in [0, 0.1) is 11.8 Å². The molecule has 0 aliphatic carbocycles. The van der Waals surface area contributed by atoms with Crippen molar-refractivity contribution in [3.05, 3.63) is 88.5 Å². The highest BCUT2D eigenvalue weighted by molar-refractivity contribution is 6.64. The van der Waals surface area contributed by atoms with Crippen LogP contribution in [0.15, 0.2) is 54.7 Å². The Morgan fingerprint density at radius 2 is 1.86 bits per heavy atom. The zero-order valence-corrected chi connectivity index (χ0v) is 21.1. The van der Waals surface area contributed by atoms with E-state index in [4.69, 9.17) is 9.47 Å². The Kier molecular flexibility index (Phi) is 9.06. The maximum Gasteiger partial charge on any atom is 0.310 e. The van der Waals surface area contributed by atoms with E-state index in [0.29, 0.717) is 29.6 Å². The number of hydrogen-bond acceptors (Lipinski definition) is 7. The molecule has 2 heterocycles. The number of benzene rings is 2. The summed E-state index contributed by atoms with van der Waals surface area (Å²) < 4.78 is 10.2. The van der Waals surface area contributed by atoms with Gasteiger partial charge in [0.05, 0.1) is 33.0 Å². The van der Waals surface area contributed by atoms with Crippen LogP contribution in [-0.2, 0) is 27.2 Å². The molecule has 0 amide bonds. The number of aromatic nitrogens is 2. The van der Waals surface area contributed by atoms with E-state index in [1.165, 1.54) is 12.7 Å². The molecule has 0 saturated carbocycles. The molecule has 0 unspecified atom stereocenters. The maximum atomic E-state index is 11.7. The highest BCUT2D eigenvalue weighted by Gasteiger charge is 2.20. The molecular weight excluding hydrogens is 465 g/mol. The molecule has 0 atom stereocenters. The zero-order chi connectivity index (χ0) is 26.0. The predicted octanol–water partition coefficient (Wildman–Crippen LogP) is 3.18. The summed E-state index contributed by atoms with van der Waals surface area (Å²) in [7, 11) is 4.57. The van der Waals surface area contributed by atoms with Crippen molar-refractivity contribution in [3.63, 3.8) is 0 Å². The quantitative estimate of drug-likeness (QED) is 0.206. The van der Waals surface area contributed by atoms with E-state index >= 15 is 0 Å². The monoisotopic (exact) mass is 494 g/mol. The maximum absolute atomic E-state index is 11.7. The molecule has 1 aliphatic rings. The Morgan fingerprint density at radius 1 is 1.11 bits per heavy atom. The summed E-state index contributed by atoms with van der Waals surface area (Å²) in [5.74, 6) is 7.56. The second-order valence-electron chi connectivity index (χ2n) is 8.88. The van der Waals surface area contributed by atoms with Crippen LogP contribution >= 0.6 is 0 Å². The lowest BCUT2D eigenvalue weighted by molar-refractivity contribution is -0.139. The van der Waals surface area contributed by atoms with Gasteiger partial charge in [0.2, 0.25) is 0 Å². The summed E-state index contributed by atoms with van der Waals surface area (Å²) in [5.41, 5.74) is 4.46. The van der Waals surface area contributed by atoms with Crippen molar-refractivity contribution in [2.45, 2.75) is 31.6 Å². The number of ether oxygens (including phenoxy) is 2. The average Bonchev–Trinajstić information content (AvgIpc) is 2.93. The van der Waals surface area contributed by atoms with Gasteiger partial charge in [-0.25, -0.2) is 9.97 Å². The van der Waals surface area contributed by atoms with E-state index in [2.05, 4.69) is 50.9 Å². The molecule has 187 valence electrons. The smallest absolute Gasteiger partial charge is 0.310 e. The molecule has 4 rings (SSSR count). The molecule has 2 aromatic carbocycles. The minimum atomic E-state index is -0.316. The molecule has 0 spiro atoms. The highest BCUT2D eigenvalue weighted by atomic mass is 16.5. The normalized spacial score (nSPS) is 13.8. The first-order valence-electron chi connectivity index (χ1n) is 12.3. The van der Waals surface area contributed by atoms with Crippen molar-refractivity contribution in [2.75, 3.05) is 27.3 Å². The molecule has 1 aliphatic heterocycles. The third-order valence-electron chi connectivity index (χ3n) is 6.53. The number of piperidine rings is 1. The van der Waals surface area contributed by atoms with Crippen molar-refractivity contribution in [2.24, 2.45) is 0 Å². The lowest BCUT2D eigenvalue weighted by Gasteiger charge is -2.30. The summed E-state index contributed by atoms with van der Waals surface area (Å²) in [6.45, 7) is 1.81. The van der Waals surface area contributed by atoms with Gasteiger partial charge in [-0.2, -0.15) is 0 Å². The van der Waals surface area contributed by atoms with E-state index in [1.54, 1.807) is 20.7 Å². The summed E-state index contributed by atoms with van der Waals surface area (Å²) in [6.07, 6.45) is 5.30. The Labute approximate surface area is 218 Å².